The summed E-state index contributed by atoms with van der Waals surface area (Å²) in [6, 6.07) is 8.00. The van der Waals surface area contributed by atoms with Crippen LogP contribution in [-0.4, -0.2) is 69.6 Å². The zero-order chi connectivity index (χ0) is 36.2. The molecule has 266 valence electrons. The summed E-state index contributed by atoms with van der Waals surface area (Å²) < 4.78 is 54.1. The van der Waals surface area contributed by atoms with Gasteiger partial charge in [-0.15, -0.1) is 0 Å². The molecule has 2 aromatic carbocycles. The smallest absolute Gasteiger partial charge is 0.379 e. The second kappa shape index (κ2) is 15.2. The number of imidazole rings is 1. The lowest BCUT2D eigenvalue weighted by molar-refractivity contribution is -0.149. The number of fused-ring (bicyclic) bond motifs is 1. The molecule has 5 rings (SSSR count). The number of rotatable bonds is 14. The van der Waals surface area contributed by atoms with E-state index in [4.69, 9.17) is 20.9 Å². The molecule has 0 radical (unpaired) electrons. The van der Waals surface area contributed by atoms with Gasteiger partial charge in [0.15, 0.2) is 5.69 Å². The van der Waals surface area contributed by atoms with E-state index in [-0.39, 0.29) is 23.6 Å². The van der Waals surface area contributed by atoms with Gasteiger partial charge in [-0.25, -0.2) is 9.48 Å². The number of aryl methyl sites for hydroxylation is 2. The van der Waals surface area contributed by atoms with Crippen LogP contribution in [0.4, 0.5) is 13.2 Å². The second-order valence-corrected chi connectivity index (χ2v) is 12.0. The van der Waals surface area contributed by atoms with Crippen molar-refractivity contribution >= 4 is 34.7 Å². The van der Waals surface area contributed by atoms with Crippen molar-refractivity contribution in [3.05, 3.63) is 87.2 Å². The number of nitrogens with two attached hydrogens (primary N) is 2. The number of carbonyl (C=O) groups excluding carboxylic acids is 3. The molecule has 0 spiro atoms. The number of aromatic nitrogens is 4. The van der Waals surface area contributed by atoms with Gasteiger partial charge in [-0.2, -0.15) is 18.3 Å². The summed E-state index contributed by atoms with van der Waals surface area (Å²) in [4.78, 5) is 49.6. The molecule has 50 heavy (non-hydrogen) atoms. The lowest BCUT2D eigenvalue weighted by Crippen LogP contribution is -2.40. The van der Waals surface area contributed by atoms with Gasteiger partial charge >= 0.3 is 11.9 Å². The van der Waals surface area contributed by atoms with E-state index in [0.29, 0.717) is 78.9 Å². The molecule has 0 aliphatic carbocycles. The van der Waals surface area contributed by atoms with Gasteiger partial charge in [-0.1, -0.05) is 18.2 Å². The summed E-state index contributed by atoms with van der Waals surface area (Å²) in [5.74, 6) is -1.23. The van der Waals surface area contributed by atoms with Gasteiger partial charge in [0.1, 0.15) is 25.0 Å². The number of nitrogens with zero attached hydrogens (tertiary/aromatic N) is 4. The van der Waals surface area contributed by atoms with Crippen molar-refractivity contribution in [1.29, 1.82) is 0 Å². The third-order valence-electron chi connectivity index (χ3n) is 8.70. The number of ether oxygens (including phenoxy) is 2. The first-order valence-corrected chi connectivity index (χ1v) is 15.9. The lowest BCUT2D eigenvalue weighted by atomic mass is 9.97. The maximum atomic E-state index is 13.5. The fraction of sp³-hybridized carbons (Fsp3) is 0.382. The molecular formula is C34H38F3N7O6. The van der Waals surface area contributed by atoms with Crippen molar-refractivity contribution in [2.75, 3.05) is 26.4 Å². The number of alkyl halides is 3. The maximum absolute atomic E-state index is 13.5. The topological polar surface area (TPSA) is 178 Å². The minimum atomic E-state index is -4.61. The highest BCUT2D eigenvalue weighted by atomic mass is 19.4. The molecule has 1 aliphatic rings. The van der Waals surface area contributed by atoms with Crippen LogP contribution in [0.5, 0.6) is 0 Å². The SMILES string of the molecule is C/C(=C1\CCC(n2c(=O)n(C)c3cc(CCCOCCOCC=O)ccc32)C(=O)N1)c1cn(-c2ccc(C(N)C(F)(F)F)cc2)nc1C(N)=O. The summed E-state index contributed by atoms with van der Waals surface area (Å²) in [5, 5.41) is 7.17. The monoisotopic (exact) mass is 697 g/mol. The van der Waals surface area contributed by atoms with Crippen LogP contribution in [0, 0.1) is 0 Å². The van der Waals surface area contributed by atoms with Crippen molar-refractivity contribution in [3.63, 3.8) is 0 Å². The Bertz CT molecular complexity index is 1980. The Labute approximate surface area is 284 Å². The van der Waals surface area contributed by atoms with Gasteiger partial charge in [0.05, 0.1) is 29.9 Å². The van der Waals surface area contributed by atoms with E-state index in [1.807, 2.05) is 18.2 Å². The normalized spacial score (nSPS) is 16.8. The molecule has 2 amide bonds. The summed E-state index contributed by atoms with van der Waals surface area (Å²) in [6.45, 7) is 2.99. The van der Waals surface area contributed by atoms with E-state index >= 15 is 0 Å². The maximum Gasteiger partial charge on any atom is 0.407 e. The van der Waals surface area contributed by atoms with Gasteiger partial charge in [-0.05, 0) is 73.6 Å². The van der Waals surface area contributed by atoms with E-state index in [9.17, 15) is 32.3 Å². The summed E-state index contributed by atoms with van der Waals surface area (Å²) in [7, 11) is 1.66. The highest BCUT2D eigenvalue weighted by Crippen LogP contribution is 2.33. The molecular weight excluding hydrogens is 659 g/mol. The largest absolute Gasteiger partial charge is 0.407 e. The molecule has 2 unspecified atom stereocenters. The number of allylic oxidation sites excluding steroid dienone is 2. The Hall–Kier alpha value is -5.06. The number of carbonyl (C=O) groups is 3. The summed E-state index contributed by atoms with van der Waals surface area (Å²) in [5.41, 5.74) is 14.5. The van der Waals surface area contributed by atoms with Crippen LogP contribution in [-0.2, 0) is 32.5 Å². The molecule has 0 bridgehead atoms. The number of primary amides is 1. The first kappa shape index (κ1) is 36.2. The second-order valence-electron chi connectivity index (χ2n) is 12.0. The molecule has 4 aromatic rings. The molecule has 13 nitrogen and oxygen atoms in total. The number of piperidine rings is 1. The minimum absolute atomic E-state index is 0.0435. The van der Waals surface area contributed by atoms with Crippen molar-refractivity contribution < 1.29 is 37.0 Å². The minimum Gasteiger partial charge on any atom is -0.379 e. The number of benzene rings is 2. The van der Waals surface area contributed by atoms with Gasteiger partial charge in [0, 0.05) is 31.1 Å². The van der Waals surface area contributed by atoms with E-state index in [1.165, 1.54) is 44.3 Å². The van der Waals surface area contributed by atoms with Crippen molar-refractivity contribution in [1.82, 2.24) is 24.2 Å². The quantitative estimate of drug-likeness (QED) is 0.133. The van der Waals surface area contributed by atoms with E-state index < -0.39 is 30.1 Å². The molecule has 2 aromatic heterocycles. The number of hydrogen-bond donors (Lipinski definition) is 3. The van der Waals surface area contributed by atoms with Crippen LogP contribution < -0.4 is 22.5 Å². The summed E-state index contributed by atoms with van der Waals surface area (Å²) >= 11 is 0. The number of halogens is 3. The molecule has 1 fully saturated rings. The van der Waals surface area contributed by atoms with Gasteiger partial charge in [0.25, 0.3) is 5.91 Å². The average molecular weight is 698 g/mol. The van der Waals surface area contributed by atoms with E-state index in [2.05, 4.69) is 10.4 Å². The molecule has 0 saturated carbocycles. The lowest BCUT2D eigenvalue weighted by Gasteiger charge is -2.26. The van der Waals surface area contributed by atoms with Crippen LogP contribution in [0.25, 0.3) is 22.3 Å². The molecule has 2 atom stereocenters. The van der Waals surface area contributed by atoms with Crippen molar-refractivity contribution in [2.24, 2.45) is 18.5 Å². The van der Waals surface area contributed by atoms with Gasteiger partial charge in [-0.3, -0.25) is 18.7 Å². The predicted molar refractivity (Wildman–Crippen MR) is 177 cm³/mol. The average Bonchev–Trinajstić information content (AvgIpc) is 3.64. The predicted octanol–water partition coefficient (Wildman–Crippen LogP) is 3.23. The molecule has 1 saturated heterocycles. The Kier molecular flexibility index (Phi) is 11.0. The van der Waals surface area contributed by atoms with E-state index in [1.54, 1.807) is 14.0 Å². The molecule has 1 aliphatic heterocycles. The summed E-state index contributed by atoms with van der Waals surface area (Å²) in [6.07, 6.45) is -0.292. The fourth-order valence-electron chi connectivity index (χ4n) is 5.98. The highest BCUT2D eigenvalue weighted by Gasteiger charge is 2.38. The standard InChI is InChI=1S/C34H38F3N7O6/c1-20(24-19-43(41-29(24)31(39)46)23-8-6-22(7-9-23)30(38)34(35,36)37)25-10-12-27(32(47)40-25)44-26-11-5-21(18-28(26)42(2)33(44)48)4-3-14-49-16-17-50-15-13-45/h5-9,11,13,18-19,27,30H,3-4,10,12,14-17,38H2,1-2H3,(H2,39,46)(H,40,47)/b25-20-. The van der Waals surface area contributed by atoms with E-state index in [0.717, 1.165) is 12.0 Å². The molecule has 5 N–H and O–H groups in total. The Morgan fingerprint density at radius 1 is 1.10 bits per heavy atom. The highest BCUT2D eigenvalue weighted by molar-refractivity contribution is 5.97. The zero-order valence-corrected chi connectivity index (χ0v) is 27.5. The van der Waals surface area contributed by atoms with Crippen LogP contribution >= 0.6 is 0 Å². The van der Waals surface area contributed by atoms with Gasteiger partial charge in [0.2, 0.25) is 5.91 Å². The Balaban J connectivity index is 1.31. The third-order valence-corrected chi connectivity index (χ3v) is 8.70. The van der Waals surface area contributed by atoms with Crippen molar-refractivity contribution in [2.45, 2.75) is 50.9 Å². The van der Waals surface area contributed by atoms with Crippen LogP contribution in [0.1, 0.15) is 65.4 Å². The van der Waals surface area contributed by atoms with Crippen LogP contribution in [0.15, 0.2) is 59.2 Å². The zero-order valence-electron chi connectivity index (χ0n) is 27.5. The number of amides is 2. The first-order chi connectivity index (χ1) is 23.8. The van der Waals surface area contributed by atoms with Crippen LogP contribution in [0.2, 0.25) is 0 Å². The Morgan fingerprint density at radius 3 is 2.48 bits per heavy atom. The fourth-order valence-corrected chi connectivity index (χ4v) is 5.98. The number of nitrogens with one attached hydrogen (secondary N) is 1. The Morgan fingerprint density at radius 2 is 1.82 bits per heavy atom. The number of aldehydes is 1. The molecule has 3 heterocycles. The third kappa shape index (κ3) is 7.72. The number of hydrogen-bond acceptors (Lipinski definition) is 8. The first-order valence-electron chi connectivity index (χ1n) is 15.9. The van der Waals surface area contributed by atoms with Gasteiger partial charge < -0.3 is 31.1 Å². The molecule has 16 heteroatoms. The van der Waals surface area contributed by atoms with Crippen LogP contribution in [0.3, 0.4) is 0 Å². The van der Waals surface area contributed by atoms with Crippen molar-refractivity contribution in [3.8, 4) is 5.69 Å².